The van der Waals surface area contributed by atoms with E-state index < -0.39 is 0 Å². The second kappa shape index (κ2) is 29.3. The topological polar surface area (TPSA) is 58.2 Å². The number of ketones is 2. The summed E-state index contributed by atoms with van der Waals surface area (Å²) in [5.74, 6) is 0.673. The maximum Gasteiger partial charge on any atom is 0.129 e. The van der Waals surface area contributed by atoms with Crippen LogP contribution in [0.1, 0.15) is 136 Å². The van der Waals surface area contributed by atoms with E-state index in [2.05, 4.69) is 10.6 Å². The molecule has 0 bridgehead atoms. The zero-order valence-electron chi connectivity index (χ0n) is 21.7. The van der Waals surface area contributed by atoms with E-state index in [1.54, 1.807) is 13.8 Å². The summed E-state index contributed by atoms with van der Waals surface area (Å²) < 4.78 is 0. The van der Waals surface area contributed by atoms with Crippen LogP contribution in [0.3, 0.4) is 0 Å². The van der Waals surface area contributed by atoms with Gasteiger partial charge in [0.1, 0.15) is 11.6 Å². The van der Waals surface area contributed by atoms with E-state index in [0.29, 0.717) is 11.6 Å². The lowest BCUT2D eigenvalue weighted by atomic mass is 10.1. The third-order valence-corrected chi connectivity index (χ3v) is 5.66. The Hall–Kier alpha value is -0.740. The molecule has 0 aromatic rings. The van der Waals surface area contributed by atoms with E-state index >= 15 is 0 Å². The third kappa shape index (κ3) is 36.9. The van der Waals surface area contributed by atoms with E-state index in [1.165, 1.54) is 96.3 Å². The lowest BCUT2D eigenvalue weighted by molar-refractivity contribution is -0.117. The molecular formula is C27H56N2O2. The van der Waals surface area contributed by atoms with Crippen molar-refractivity contribution in [3.05, 3.63) is 0 Å². The Morgan fingerprint density at radius 1 is 0.419 bits per heavy atom. The summed E-state index contributed by atoms with van der Waals surface area (Å²) in [5.41, 5.74) is 0. The minimum absolute atomic E-state index is 0.335. The lowest BCUT2D eigenvalue weighted by Gasteiger charge is -2.02. The lowest BCUT2D eigenvalue weighted by Crippen LogP contribution is -2.06. The first-order valence-electron chi connectivity index (χ1n) is 13.3. The number of hydrogen-bond donors (Lipinski definition) is 2. The SMILES string of the molecule is CNCCCCCCCCCCC(C)=O.CNCCCCCCCCCCCC(C)=O. The molecule has 186 valence electrons. The molecule has 0 amide bonds. The van der Waals surface area contributed by atoms with Crippen LogP contribution < -0.4 is 10.6 Å². The standard InChI is InChI=1S/C14H29NO.C13H27NO/c1-14(16)12-10-8-6-4-3-5-7-9-11-13-15-2;1-13(15)11-9-7-5-3-4-6-8-10-12-14-2/h15H,3-13H2,1-2H3;14H,3-12H2,1-2H3. The van der Waals surface area contributed by atoms with Crippen LogP contribution in [0.15, 0.2) is 0 Å². The van der Waals surface area contributed by atoms with E-state index in [0.717, 1.165) is 38.8 Å². The molecule has 4 heteroatoms. The van der Waals surface area contributed by atoms with Crippen molar-refractivity contribution in [1.82, 2.24) is 10.6 Å². The van der Waals surface area contributed by atoms with Gasteiger partial charge in [-0.1, -0.05) is 83.5 Å². The molecule has 0 rings (SSSR count). The van der Waals surface area contributed by atoms with E-state index in [4.69, 9.17) is 0 Å². The highest BCUT2D eigenvalue weighted by Gasteiger charge is 1.96. The van der Waals surface area contributed by atoms with Crippen LogP contribution in [-0.4, -0.2) is 38.8 Å². The highest BCUT2D eigenvalue weighted by Crippen LogP contribution is 2.11. The Morgan fingerprint density at radius 2 is 0.645 bits per heavy atom. The molecule has 0 aliphatic rings. The molecule has 0 atom stereocenters. The second-order valence-electron chi connectivity index (χ2n) is 9.12. The number of unbranched alkanes of at least 4 members (excludes halogenated alkanes) is 15. The predicted molar refractivity (Wildman–Crippen MR) is 137 cm³/mol. The summed E-state index contributed by atoms with van der Waals surface area (Å²) in [6, 6.07) is 0. The zero-order valence-corrected chi connectivity index (χ0v) is 21.7. The van der Waals surface area contributed by atoms with Crippen molar-refractivity contribution >= 4 is 11.6 Å². The van der Waals surface area contributed by atoms with Crippen molar-refractivity contribution in [1.29, 1.82) is 0 Å². The van der Waals surface area contributed by atoms with Crippen molar-refractivity contribution in [3.63, 3.8) is 0 Å². The van der Waals surface area contributed by atoms with Gasteiger partial charge in [0.15, 0.2) is 0 Å². The zero-order chi connectivity index (χ0) is 23.4. The molecule has 0 radical (unpaired) electrons. The molecular weight excluding hydrogens is 384 g/mol. The van der Waals surface area contributed by atoms with Crippen molar-refractivity contribution in [2.75, 3.05) is 27.2 Å². The van der Waals surface area contributed by atoms with Crippen LogP contribution in [-0.2, 0) is 9.59 Å². The van der Waals surface area contributed by atoms with Gasteiger partial charge in [0.05, 0.1) is 0 Å². The molecule has 0 aliphatic heterocycles. The summed E-state index contributed by atoms with van der Waals surface area (Å²) in [6.07, 6.45) is 23.7. The van der Waals surface area contributed by atoms with Crippen molar-refractivity contribution in [2.45, 2.75) is 136 Å². The fourth-order valence-electron chi connectivity index (χ4n) is 3.65. The highest BCUT2D eigenvalue weighted by molar-refractivity contribution is 5.75. The smallest absolute Gasteiger partial charge is 0.129 e. The van der Waals surface area contributed by atoms with Gasteiger partial charge >= 0.3 is 0 Å². The van der Waals surface area contributed by atoms with Gasteiger partial charge in [0.2, 0.25) is 0 Å². The van der Waals surface area contributed by atoms with Crippen LogP contribution in [0, 0.1) is 0 Å². The Kier molecular flexibility index (Phi) is 30.6. The number of rotatable bonds is 23. The van der Waals surface area contributed by atoms with E-state index in [9.17, 15) is 9.59 Å². The first-order valence-corrected chi connectivity index (χ1v) is 13.3. The summed E-state index contributed by atoms with van der Waals surface area (Å²) in [4.78, 5) is 21.4. The molecule has 31 heavy (non-hydrogen) atoms. The molecule has 4 nitrogen and oxygen atoms in total. The number of nitrogens with one attached hydrogen (secondary N) is 2. The van der Waals surface area contributed by atoms with Crippen molar-refractivity contribution in [3.8, 4) is 0 Å². The molecule has 0 heterocycles. The van der Waals surface area contributed by atoms with Gasteiger partial charge < -0.3 is 20.2 Å². The molecule has 0 aliphatic carbocycles. The molecule has 0 saturated carbocycles. The van der Waals surface area contributed by atoms with Crippen LogP contribution in [0.2, 0.25) is 0 Å². The molecule has 0 aromatic heterocycles. The van der Waals surface area contributed by atoms with Gasteiger partial charge in [-0.25, -0.2) is 0 Å². The van der Waals surface area contributed by atoms with Gasteiger partial charge in [0.25, 0.3) is 0 Å². The largest absolute Gasteiger partial charge is 0.320 e. The summed E-state index contributed by atoms with van der Waals surface area (Å²) in [5, 5.41) is 6.34. The minimum Gasteiger partial charge on any atom is -0.320 e. The molecule has 0 unspecified atom stereocenters. The van der Waals surface area contributed by atoms with Gasteiger partial charge in [-0.2, -0.15) is 0 Å². The predicted octanol–water partition coefficient (Wildman–Crippen LogP) is 7.00. The van der Waals surface area contributed by atoms with Crippen LogP contribution in [0.25, 0.3) is 0 Å². The number of Topliss-reactive ketones (excluding diaryl/α,β-unsaturated/α-hetero) is 2. The number of carbonyl (C=O) groups is 2. The Morgan fingerprint density at radius 3 is 0.871 bits per heavy atom. The first-order chi connectivity index (χ1) is 15.0. The average molecular weight is 441 g/mol. The Labute approximate surface area is 195 Å². The van der Waals surface area contributed by atoms with Gasteiger partial charge in [0, 0.05) is 12.8 Å². The summed E-state index contributed by atoms with van der Waals surface area (Å²) in [7, 11) is 4.02. The Bertz CT molecular complexity index is 372. The van der Waals surface area contributed by atoms with Crippen LogP contribution in [0.4, 0.5) is 0 Å². The average Bonchev–Trinajstić information content (AvgIpc) is 2.73. The fourth-order valence-corrected chi connectivity index (χ4v) is 3.65. The number of carbonyl (C=O) groups excluding carboxylic acids is 2. The summed E-state index contributed by atoms with van der Waals surface area (Å²) in [6.45, 7) is 5.68. The van der Waals surface area contributed by atoms with Gasteiger partial charge in [-0.15, -0.1) is 0 Å². The molecule has 0 saturated heterocycles. The molecule has 0 fully saturated rings. The third-order valence-electron chi connectivity index (χ3n) is 5.66. The molecule has 0 aromatic carbocycles. The Balaban J connectivity index is 0. The van der Waals surface area contributed by atoms with Crippen LogP contribution in [0.5, 0.6) is 0 Å². The fraction of sp³-hybridized carbons (Fsp3) is 0.926. The summed E-state index contributed by atoms with van der Waals surface area (Å²) >= 11 is 0. The maximum atomic E-state index is 10.7. The second-order valence-corrected chi connectivity index (χ2v) is 9.12. The minimum atomic E-state index is 0.335. The monoisotopic (exact) mass is 440 g/mol. The highest BCUT2D eigenvalue weighted by atomic mass is 16.1. The van der Waals surface area contributed by atoms with E-state index in [1.807, 2.05) is 14.1 Å². The van der Waals surface area contributed by atoms with Gasteiger partial charge in [-0.05, 0) is 66.7 Å². The maximum absolute atomic E-state index is 10.7. The van der Waals surface area contributed by atoms with Gasteiger partial charge in [-0.3, -0.25) is 0 Å². The van der Waals surface area contributed by atoms with E-state index in [-0.39, 0.29) is 0 Å². The first kappa shape index (κ1) is 32.4. The van der Waals surface area contributed by atoms with Crippen molar-refractivity contribution < 1.29 is 9.59 Å². The van der Waals surface area contributed by atoms with Crippen molar-refractivity contribution in [2.24, 2.45) is 0 Å². The van der Waals surface area contributed by atoms with Crippen LogP contribution >= 0.6 is 0 Å². The number of hydrogen-bond acceptors (Lipinski definition) is 4. The molecule has 0 spiro atoms. The quantitative estimate of drug-likeness (QED) is 0.168. The normalized spacial score (nSPS) is 10.6. The molecule has 2 N–H and O–H groups in total.